The van der Waals surface area contributed by atoms with Gasteiger partial charge in [-0.15, -0.1) is 0 Å². The average molecular weight is 293 g/mol. The number of carbonyl (C=O) groups excluding carboxylic acids is 1. The summed E-state index contributed by atoms with van der Waals surface area (Å²) in [6.07, 6.45) is 2.38. The van der Waals surface area contributed by atoms with Gasteiger partial charge < -0.3 is 19.1 Å². The van der Waals surface area contributed by atoms with Gasteiger partial charge in [0.1, 0.15) is 11.5 Å². The molecule has 0 N–H and O–H groups in total. The van der Waals surface area contributed by atoms with E-state index in [1.807, 2.05) is 29.2 Å². The van der Waals surface area contributed by atoms with Crippen LogP contribution in [-0.2, 0) is 9.53 Å². The second kappa shape index (κ2) is 7.88. The number of methoxy groups -OCH3 is 2. The quantitative estimate of drug-likeness (QED) is 0.722. The third-order valence-electron chi connectivity index (χ3n) is 3.69. The standard InChI is InChI=1S/C16H23NO4/c1-19-13-5-7-14(8-6-13)21-11-3-4-16(18)17-10-9-15(12-17)20-2/h5-8,15H,3-4,9-12H2,1-2H3. The van der Waals surface area contributed by atoms with Gasteiger partial charge in [-0.2, -0.15) is 0 Å². The zero-order valence-corrected chi connectivity index (χ0v) is 12.7. The van der Waals surface area contributed by atoms with Gasteiger partial charge in [-0.1, -0.05) is 0 Å². The lowest BCUT2D eigenvalue weighted by Crippen LogP contribution is -2.30. The average Bonchev–Trinajstić information content (AvgIpc) is 3.01. The Labute approximate surface area is 125 Å². The summed E-state index contributed by atoms with van der Waals surface area (Å²) in [5.74, 6) is 1.79. The second-order valence-corrected chi connectivity index (χ2v) is 5.11. The predicted octanol–water partition coefficient (Wildman–Crippen LogP) is 2.10. The minimum Gasteiger partial charge on any atom is -0.497 e. The Hall–Kier alpha value is -1.75. The molecular formula is C16H23NO4. The number of hydrogen-bond acceptors (Lipinski definition) is 4. The Morgan fingerprint density at radius 3 is 2.57 bits per heavy atom. The number of carbonyl (C=O) groups is 1. The van der Waals surface area contributed by atoms with Crippen LogP contribution >= 0.6 is 0 Å². The van der Waals surface area contributed by atoms with Crippen molar-refractivity contribution in [3.8, 4) is 11.5 Å². The zero-order chi connectivity index (χ0) is 15.1. The Balaban J connectivity index is 1.64. The topological polar surface area (TPSA) is 48.0 Å². The molecule has 0 saturated carbocycles. The van der Waals surface area contributed by atoms with Crippen LogP contribution in [0.2, 0.25) is 0 Å². The first-order chi connectivity index (χ1) is 10.2. The molecule has 1 amide bonds. The van der Waals surface area contributed by atoms with Crippen molar-refractivity contribution >= 4 is 5.91 Å². The molecule has 1 atom stereocenters. The lowest BCUT2D eigenvalue weighted by Gasteiger charge is -2.16. The van der Waals surface area contributed by atoms with E-state index in [9.17, 15) is 4.79 Å². The number of rotatable bonds is 7. The van der Waals surface area contributed by atoms with E-state index in [0.717, 1.165) is 30.9 Å². The summed E-state index contributed by atoms with van der Waals surface area (Å²) >= 11 is 0. The number of nitrogens with zero attached hydrogens (tertiary/aromatic N) is 1. The largest absolute Gasteiger partial charge is 0.497 e. The van der Waals surface area contributed by atoms with Crippen molar-refractivity contribution in [2.45, 2.75) is 25.4 Å². The van der Waals surface area contributed by atoms with Crippen molar-refractivity contribution in [1.82, 2.24) is 4.90 Å². The molecule has 1 aromatic carbocycles. The first-order valence-electron chi connectivity index (χ1n) is 7.30. The van der Waals surface area contributed by atoms with Gasteiger partial charge in [-0.25, -0.2) is 0 Å². The highest BCUT2D eigenvalue weighted by Gasteiger charge is 2.25. The third kappa shape index (κ3) is 4.63. The summed E-state index contributed by atoms with van der Waals surface area (Å²) in [6.45, 7) is 2.06. The van der Waals surface area contributed by atoms with E-state index in [4.69, 9.17) is 14.2 Å². The van der Waals surface area contributed by atoms with Crippen LogP contribution in [0.3, 0.4) is 0 Å². The molecular weight excluding hydrogens is 270 g/mol. The van der Waals surface area contributed by atoms with Crippen molar-refractivity contribution in [3.05, 3.63) is 24.3 Å². The minimum absolute atomic E-state index is 0.188. The molecule has 0 aromatic heterocycles. The molecule has 0 aliphatic carbocycles. The van der Waals surface area contributed by atoms with E-state index in [1.165, 1.54) is 0 Å². The molecule has 5 nitrogen and oxygen atoms in total. The van der Waals surface area contributed by atoms with E-state index < -0.39 is 0 Å². The van der Waals surface area contributed by atoms with Gasteiger partial charge >= 0.3 is 0 Å². The van der Waals surface area contributed by atoms with Crippen molar-refractivity contribution < 1.29 is 19.0 Å². The van der Waals surface area contributed by atoms with Crippen molar-refractivity contribution in [1.29, 1.82) is 0 Å². The summed E-state index contributed by atoms with van der Waals surface area (Å²) in [7, 11) is 3.33. The summed E-state index contributed by atoms with van der Waals surface area (Å²) in [4.78, 5) is 13.9. The van der Waals surface area contributed by atoms with E-state index >= 15 is 0 Å². The smallest absolute Gasteiger partial charge is 0.222 e. The molecule has 1 aliphatic rings. The molecule has 21 heavy (non-hydrogen) atoms. The number of benzene rings is 1. The lowest BCUT2D eigenvalue weighted by molar-refractivity contribution is -0.130. The molecule has 1 saturated heterocycles. The monoisotopic (exact) mass is 293 g/mol. The third-order valence-corrected chi connectivity index (χ3v) is 3.69. The van der Waals surface area contributed by atoms with Gasteiger partial charge in [0, 0.05) is 26.6 Å². The number of likely N-dealkylation sites (tertiary alicyclic amines) is 1. The van der Waals surface area contributed by atoms with Crippen LogP contribution in [0, 0.1) is 0 Å². The van der Waals surface area contributed by atoms with Crippen LogP contribution in [0.5, 0.6) is 11.5 Å². The molecule has 1 heterocycles. The Morgan fingerprint density at radius 2 is 1.95 bits per heavy atom. The molecule has 1 aromatic rings. The molecule has 0 bridgehead atoms. The van der Waals surface area contributed by atoms with Crippen LogP contribution in [0.4, 0.5) is 0 Å². The predicted molar refractivity (Wildman–Crippen MR) is 79.7 cm³/mol. The summed E-state index contributed by atoms with van der Waals surface area (Å²) < 4.78 is 16.0. The van der Waals surface area contributed by atoms with Gasteiger partial charge in [0.15, 0.2) is 0 Å². The molecule has 1 unspecified atom stereocenters. The Morgan fingerprint density at radius 1 is 1.24 bits per heavy atom. The molecule has 5 heteroatoms. The Kier molecular flexibility index (Phi) is 5.87. The molecule has 1 aliphatic heterocycles. The van der Waals surface area contributed by atoms with Crippen LogP contribution in [-0.4, -0.2) is 50.8 Å². The van der Waals surface area contributed by atoms with Gasteiger partial charge in [0.05, 0.1) is 19.8 Å². The highest BCUT2D eigenvalue weighted by Crippen LogP contribution is 2.17. The van der Waals surface area contributed by atoms with Crippen LogP contribution < -0.4 is 9.47 Å². The highest BCUT2D eigenvalue weighted by molar-refractivity contribution is 5.76. The molecule has 116 valence electrons. The maximum Gasteiger partial charge on any atom is 0.222 e. The van der Waals surface area contributed by atoms with Crippen molar-refractivity contribution in [3.63, 3.8) is 0 Å². The summed E-state index contributed by atoms with van der Waals surface area (Å²) in [5.41, 5.74) is 0. The zero-order valence-electron chi connectivity index (χ0n) is 12.7. The van der Waals surface area contributed by atoms with Crippen LogP contribution in [0.25, 0.3) is 0 Å². The first kappa shape index (κ1) is 15.6. The van der Waals surface area contributed by atoms with Gasteiger partial charge in [-0.05, 0) is 37.1 Å². The number of amides is 1. The van der Waals surface area contributed by atoms with E-state index in [2.05, 4.69) is 0 Å². The van der Waals surface area contributed by atoms with Crippen LogP contribution in [0.1, 0.15) is 19.3 Å². The first-order valence-corrected chi connectivity index (χ1v) is 7.30. The SMILES string of the molecule is COc1ccc(OCCCC(=O)N2CCC(OC)C2)cc1. The second-order valence-electron chi connectivity index (χ2n) is 5.11. The molecule has 2 rings (SSSR count). The fraction of sp³-hybridized carbons (Fsp3) is 0.562. The maximum atomic E-state index is 12.0. The molecule has 0 radical (unpaired) electrons. The van der Waals surface area contributed by atoms with E-state index in [1.54, 1.807) is 14.2 Å². The number of hydrogen-bond donors (Lipinski definition) is 0. The Bertz CT molecular complexity index is 446. The van der Waals surface area contributed by atoms with Gasteiger partial charge in [0.2, 0.25) is 5.91 Å². The normalized spacial score (nSPS) is 17.8. The number of ether oxygens (including phenoxy) is 3. The molecule has 0 spiro atoms. The lowest BCUT2D eigenvalue weighted by atomic mass is 10.3. The van der Waals surface area contributed by atoms with Crippen LogP contribution in [0.15, 0.2) is 24.3 Å². The van der Waals surface area contributed by atoms with E-state index in [0.29, 0.717) is 19.6 Å². The van der Waals surface area contributed by atoms with Crippen molar-refractivity contribution in [2.75, 3.05) is 33.9 Å². The highest BCUT2D eigenvalue weighted by atomic mass is 16.5. The minimum atomic E-state index is 0.188. The maximum absolute atomic E-state index is 12.0. The fourth-order valence-corrected chi connectivity index (χ4v) is 2.39. The van der Waals surface area contributed by atoms with Gasteiger partial charge in [-0.3, -0.25) is 4.79 Å². The van der Waals surface area contributed by atoms with Crippen molar-refractivity contribution in [2.24, 2.45) is 0 Å². The summed E-state index contributed by atoms with van der Waals surface area (Å²) in [6, 6.07) is 7.44. The molecule has 1 fully saturated rings. The summed E-state index contributed by atoms with van der Waals surface area (Å²) in [5, 5.41) is 0. The van der Waals surface area contributed by atoms with Gasteiger partial charge in [0.25, 0.3) is 0 Å². The fourth-order valence-electron chi connectivity index (χ4n) is 2.39. The van der Waals surface area contributed by atoms with E-state index in [-0.39, 0.29) is 12.0 Å².